The molecule has 1 N–H and O–H groups in total. The van der Waals surface area contributed by atoms with Crippen molar-refractivity contribution in [3.05, 3.63) is 66.4 Å². The number of halogens is 1. The number of nitrogens with one attached hydrogen (secondary N) is 1. The molecule has 1 saturated carbocycles. The molecule has 0 amide bonds. The summed E-state index contributed by atoms with van der Waals surface area (Å²) in [6, 6.07) is 9.24. The first-order valence-electron chi connectivity index (χ1n) is 9.43. The van der Waals surface area contributed by atoms with Gasteiger partial charge in [0.05, 0.1) is 12.3 Å². The Morgan fingerprint density at radius 3 is 2.76 bits per heavy atom. The van der Waals surface area contributed by atoms with Crippen LogP contribution < -0.4 is 10.1 Å². The summed E-state index contributed by atoms with van der Waals surface area (Å²) in [6.07, 6.45) is 6.58. The van der Waals surface area contributed by atoms with Gasteiger partial charge in [-0.1, -0.05) is 0 Å². The van der Waals surface area contributed by atoms with Crippen molar-refractivity contribution in [2.24, 2.45) is 5.92 Å². The fraction of sp³-hybridized carbons (Fsp3) is 0.286. The van der Waals surface area contributed by atoms with Gasteiger partial charge in [-0.3, -0.25) is 4.98 Å². The summed E-state index contributed by atoms with van der Waals surface area (Å²) in [5.74, 6) is 0.473. The summed E-state index contributed by atoms with van der Waals surface area (Å²) in [4.78, 5) is 3.93. The van der Waals surface area contributed by atoms with Gasteiger partial charge >= 0.3 is 0 Å². The Balaban J connectivity index is 1.75. The predicted octanol–water partition coefficient (Wildman–Crippen LogP) is 3.43. The average Bonchev–Trinajstić information content (AvgIpc) is 3.45. The van der Waals surface area contributed by atoms with Gasteiger partial charge in [-0.05, 0) is 61.7 Å². The van der Waals surface area contributed by atoms with Crippen LogP contribution in [0.1, 0.15) is 18.4 Å². The number of rotatable bonds is 8. The third-order valence-corrected chi connectivity index (χ3v) is 6.47. The molecule has 4 rings (SSSR count). The summed E-state index contributed by atoms with van der Waals surface area (Å²) in [6.45, 7) is 1.03. The summed E-state index contributed by atoms with van der Waals surface area (Å²) < 4.78 is 48.0. The van der Waals surface area contributed by atoms with Crippen LogP contribution in [-0.2, 0) is 16.6 Å². The second kappa shape index (κ2) is 7.96. The molecule has 0 unspecified atom stereocenters. The van der Waals surface area contributed by atoms with E-state index in [1.165, 1.54) is 30.7 Å². The summed E-state index contributed by atoms with van der Waals surface area (Å²) in [7, 11) is -2.16. The van der Waals surface area contributed by atoms with Crippen LogP contribution in [0.2, 0.25) is 0 Å². The standard InChI is InChI=1S/C21H22FN3O3S/c1-23-11-16-9-21(25(13-16)29(26,27)18-3-2-8-24-12-18)19-7-6-17(10-20(19)22)28-14-15-4-5-15/h2-3,6-10,12-13,15,23H,4-5,11,14H2,1H3. The maximum Gasteiger partial charge on any atom is 0.269 e. The molecule has 1 aromatic carbocycles. The lowest BCUT2D eigenvalue weighted by molar-refractivity contribution is 0.298. The van der Waals surface area contributed by atoms with Crippen LogP contribution in [0.3, 0.4) is 0 Å². The molecule has 0 spiro atoms. The Kier molecular flexibility index (Phi) is 5.38. The van der Waals surface area contributed by atoms with E-state index < -0.39 is 15.8 Å². The van der Waals surface area contributed by atoms with Gasteiger partial charge in [0.2, 0.25) is 0 Å². The van der Waals surface area contributed by atoms with Crippen LogP contribution >= 0.6 is 0 Å². The molecule has 2 heterocycles. The number of aromatic nitrogens is 2. The van der Waals surface area contributed by atoms with E-state index in [0.29, 0.717) is 24.8 Å². The molecular formula is C21H22FN3O3S. The van der Waals surface area contributed by atoms with Crippen LogP contribution in [0.25, 0.3) is 11.3 Å². The lowest BCUT2D eigenvalue weighted by Gasteiger charge is -2.12. The second-order valence-electron chi connectivity index (χ2n) is 7.15. The molecule has 29 heavy (non-hydrogen) atoms. The lowest BCUT2D eigenvalue weighted by atomic mass is 10.1. The van der Waals surface area contributed by atoms with Crippen LogP contribution in [0.5, 0.6) is 5.75 Å². The quantitative estimate of drug-likeness (QED) is 0.610. The third kappa shape index (κ3) is 4.18. The molecular weight excluding hydrogens is 393 g/mol. The van der Waals surface area contributed by atoms with Crippen molar-refractivity contribution in [1.29, 1.82) is 0 Å². The van der Waals surface area contributed by atoms with E-state index in [9.17, 15) is 12.8 Å². The van der Waals surface area contributed by atoms with Gasteiger partial charge in [0.25, 0.3) is 10.0 Å². The largest absolute Gasteiger partial charge is 0.493 e. The van der Waals surface area contributed by atoms with E-state index >= 15 is 0 Å². The molecule has 1 fully saturated rings. The SMILES string of the molecule is CNCc1cc(-c2ccc(OCC3CC3)cc2F)n(S(=O)(=O)c2cccnc2)c1. The molecule has 0 radical (unpaired) electrons. The number of pyridine rings is 1. The molecule has 0 atom stereocenters. The molecule has 2 aromatic heterocycles. The van der Waals surface area contributed by atoms with E-state index in [-0.39, 0.29) is 16.2 Å². The Labute approximate surface area is 169 Å². The number of hydrogen-bond acceptors (Lipinski definition) is 5. The van der Waals surface area contributed by atoms with Gasteiger partial charge in [-0.15, -0.1) is 0 Å². The second-order valence-corrected chi connectivity index (χ2v) is 8.96. The number of benzene rings is 1. The molecule has 1 aliphatic rings. The molecule has 0 saturated heterocycles. The lowest BCUT2D eigenvalue weighted by Crippen LogP contribution is -2.14. The van der Waals surface area contributed by atoms with Crippen LogP contribution in [0, 0.1) is 11.7 Å². The van der Waals surface area contributed by atoms with Gasteiger partial charge in [0.1, 0.15) is 16.5 Å². The first kappa shape index (κ1) is 19.6. The van der Waals surface area contributed by atoms with Crippen molar-refractivity contribution in [2.75, 3.05) is 13.7 Å². The monoisotopic (exact) mass is 415 g/mol. The van der Waals surface area contributed by atoms with E-state index in [2.05, 4.69) is 10.3 Å². The Bertz CT molecular complexity index is 1110. The molecule has 0 aliphatic heterocycles. The van der Waals surface area contributed by atoms with E-state index in [1.807, 2.05) is 0 Å². The highest BCUT2D eigenvalue weighted by atomic mass is 32.2. The molecule has 152 valence electrons. The highest BCUT2D eigenvalue weighted by Crippen LogP contribution is 2.33. The Morgan fingerprint density at radius 2 is 2.10 bits per heavy atom. The van der Waals surface area contributed by atoms with Crippen molar-refractivity contribution in [3.8, 4) is 17.0 Å². The zero-order chi connectivity index (χ0) is 20.4. The zero-order valence-corrected chi connectivity index (χ0v) is 16.8. The number of hydrogen-bond donors (Lipinski definition) is 1. The van der Waals surface area contributed by atoms with Crippen LogP contribution in [0.15, 0.2) is 59.9 Å². The first-order chi connectivity index (χ1) is 14.0. The van der Waals surface area contributed by atoms with E-state index in [0.717, 1.165) is 22.4 Å². The zero-order valence-electron chi connectivity index (χ0n) is 16.0. The van der Waals surface area contributed by atoms with Gasteiger partial charge < -0.3 is 10.1 Å². The van der Waals surface area contributed by atoms with Gasteiger partial charge in [-0.2, -0.15) is 0 Å². The fourth-order valence-corrected chi connectivity index (χ4v) is 4.45. The normalized spacial score (nSPS) is 14.1. The Hall–Kier alpha value is -2.71. The highest BCUT2D eigenvalue weighted by Gasteiger charge is 2.24. The molecule has 3 aromatic rings. The van der Waals surface area contributed by atoms with Crippen molar-refractivity contribution < 1.29 is 17.5 Å². The Morgan fingerprint density at radius 1 is 1.28 bits per heavy atom. The van der Waals surface area contributed by atoms with E-state index in [1.54, 1.807) is 31.3 Å². The molecule has 6 nitrogen and oxygen atoms in total. The summed E-state index contributed by atoms with van der Waals surface area (Å²) in [5.41, 5.74) is 1.17. The molecule has 0 bridgehead atoms. The van der Waals surface area contributed by atoms with Crippen molar-refractivity contribution >= 4 is 10.0 Å². The minimum absolute atomic E-state index is 0.0395. The van der Waals surface area contributed by atoms with Gasteiger partial charge in [0.15, 0.2) is 0 Å². The maximum atomic E-state index is 14.9. The van der Waals surface area contributed by atoms with Crippen molar-refractivity contribution in [1.82, 2.24) is 14.3 Å². The van der Waals surface area contributed by atoms with Crippen molar-refractivity contribution in [2.45, 2.75) is 24.3 Å². The average molecular weight is 415 g/mol. The van der Waals surface area contributed by atoms with Crippen LogP contribution in [0.4, 0.5) is 4.39 Å². The highest BCUT2D eigenvalue weighted by molar-refractivity contribution is 7.90. The minimum Gasteiger partial charge on any atom is -0.493 e. The third-order valence-electron chi connectivity index (χ3n) is 4.81. The predicted molar refractivity (Wildman–Crippen MR) is 108 cm³/mol. The summed E-state index contributed by atoms with van der Waals surface area (Å²) in [5, 5.41) is 2.99. The first-order valence-corrected chi connectivity index (χ1v) is 10.9. The topological polar surface area (TPSA) is 73.2 Å². The van der Waals surface area contributed by atoms with Crippen LogP contribution in [-0.4, -0.2) is 31.0 Å². The fourth-order valence-electron chi connectivity index (χ4n) is 3.10. The van der Waals surface area contributed by atoms with E-state index in [4.69, 9.17) is 4.74 Å². The minimum atomic E-state index is -3.93. The number of ether oxygens (including phenoxy) is 1. The number of nitrogens with zero attached hydrogens (tertiary/aromatic N) is 2. The van der Waals surface area contributed by atoms with Crippen molar-refractivity contribution in [3.63, 3.8) is 0 Å². The molecule has 1 aliphatic carbocycles. The van der Waals surface area contributed by atoms with Gasteiger partial charge in [0, 0.05) is 36.8 Å². The molecule has 8 heteroatoms. The summed E-state index contributed by atoms with van der Waals surface area (Å²) >= 11 is 0. The van der Waals surface area contributed by atoms with Gasteiger partial charge in [-0.25, -0.2) is 16.8 Å². The smallest absolute Gasteiger partial charge is 0.269 e. The maximum absolute atomic E-state index is 14.9.